The summed E-state index contributed by atoms with van der Waals surface area (Å²) in [5.41, 5.74) is 0. The summed E-state index contributed by atoms with van der Waals surface area (Å²) >= 11 is 0. The van der Waals surface area contributed by atoms with Crippen molar-refractivity contribution in [3.8, 4) is 12.1 Å². The quantitative estimate of drug-likeness (QED) is 0.390. The molecule has 0 nitrogen and oxygen atoms in total. The maximum absolute atomic E-state index is 10.8. The third kappa shape index (κ3) is 3.23. The van der Waals surface area contributed by atoms with Gasteiger partial charge in [0.15, 0.2) is 0 Å². The maximum atomic E-state index is 10.8. The van der Waals surface area contributed by atoms with Crippen LogP contribution in [0, 0.1) is 12.1 Å². The Balaban J connectivity index is 3.24. The SMILES string of the molecule is C/C=C/C#CF. The molecule has 32 valence electrons. The number of rotatable bonds is 0. The lowest BCUT2D eigenvalue weighted by Gasteiger charge is -1.53. The molecule has 0 bridgehead atoms. The van der Waals surface area contributed by atoms with Gasteiger partial charge in [0.2, 0.25) is 0 Å². The Bertz CT molecular complexity index is 92.2. The normalized spacial score (nSPS) is 7.67. The highest BCUT2D eigenvalue weighted by atomic mass is 19.1. The molecule has 0 spiro atoms. The maximum Gasteiger partial charge on any atom is 0.110 e. The minimum absolute atomic E-state index is 1.23. The molecule has 0 aromatic rings. The Kier molecular flexibility index (Phi) is 3.69. The van der Waals surface area contributed by atoms with E-state index in [-0.39, 0.29) is 0 Å². The van der Waals surface area contributed by atoms with Gasteiger partial charge >= 0.3 is 0 Å². The summed E-state index contributed by atoms with van der Waals surface area (Å²) in [4.78, 5) is 0. The molecular formula is C5H5F. The molecule has 0 atom stereocenters. The van der Waals surface area contributed by atoms with Crippen LogP contribution in [0.2, 0.25) is 0 Å². The van der Waals surface area contributed by atoms with Gasteiger partial charge in [0.25, 0.3) is 0 Å². The van der Waals surface area contributed by atoms with Crippen molar-refractivity contribution in [1.82, 2.24) is 0 Å². The van der Waals surface area contributed by atoms with E-state index in [1.807, 2.05) is 0 Å². The topological polar surface area (TPSA) is 0 Å². The van der Waals surface area contributed by atoms with Crippen LogP contribution in [0.5, 0.6) is 0 Å². The van der Waals surface area contributed by atoms with Crippen LogP contribution in [0.1, 0.15) is 6.92 Å². The molecule has 0 saturated heterocycles. The molecule has 0 N–H and O–H groups in total. The van der Waals surface area contributed by atoms with Crippen LogP contribution >= 0.6 is 0 Å². The van der Waals surface area contributed by atoms with Gasteiger partial charge in [0, 0.05) is 0 Å². The fraction of sp³-hybridized carbons (Fsp3) is 0.200. The number of hydrogen-bond acceptors (Lipinski definition) is 0. The molecule has 0 unspecified atom stereocenters. The van der Waals surface area contributed by atoms with E-state index in [4.69, 9.17) is 0 Å². The van der Waals surface area contributed by atoms with E-state index < -0.39 is 0 Å². The van der Waals surface area contributed by atoms with Crippen LogP contribution in [-0.2, 0) is 0 Å². The first-order valence-corrected chi connectivity index (χ1v) is 1.64. The largest absolute Gasteiger partial charge is 0.144 e. The highest BCUT2D eigenvalue weighted by molar-refractivity contribution is 5.10. The summed E-state index contributed by atoms with van der Waals surface area (Å²) in [6.07, 6.45) is 4.35. The molecule has 6 heavy (non-hydrogen) atoms. The molecule has 0 radical (unpaired) electrons. The highest BCUT2D eigenvalue weighted by Crippen LogP contribution is 1.63. The van der Waals surface area contributed by atoms with Gasteiger partial charge in [0.1, 0.15) is 6.17 Å². The zero-order valence-corrected chi connectivity index (χ0v) is 3.53. The Labute approximate surface area is 36.7 Å². The minimum Gasteiger partial charge on any atom is -0.144 e. The van der Waals surface area contributed by atoms with Gasteiger partial charge in [-0.25, -0.2) is 0 Å². The summed E-state index contributed by atoms with van der Waals surface area (Å²) in [5, 5.41) is 0. The van der Waals surface area contributed by atoms with Gasteiger partial charge in [-0.2, -0.15) is 0 Å². The van der Waals surface area contributed by atoms with Gasteiger partial charge in [-0.1, -0.05) is 6.08 Å². The molecular weight excluding hydrogens is 79.1 g/mol. The first kappa shape index (κ1) is 5.23. The smallest absolute Gasteiger partial charge is 0.110 e. The average Bonchev–Trinajstić information content (AvgIpc) is 1.61. The van der Waals surface area contributed by atoms with Crippen LogP contribution in [0.25, 0.3) is 0 Å². The average molecular weight is 84.1 g/mol. The van der Waals surface area contributed by atoms with Crippen molar-refractivity contribution in [3.63, 3.8) is 0 Å². The molecule has 0 amide bonds. The van der Waals surface area contributed by atoms with E-state index in [1.54, 1.807) is 13.0 Å². The third-order valence-electron chi connectivity index (χ3n) is 0.305. The molecule has 0 aliphatic carbocycles. The molecule has 1 heteroatoms. The lowest BCUT2D eigenvalue weighted by atomic mass is 10.5. The second-order valence-corrected chi connectivity index (χ2v) is 0.739. The Hall–Kier alpha value is -0.770. The van der Waals surface area contributed by atoms with Crippen LogP contribution in [0.15, 0.2) is 12.2 Å². The predicted octanol–water partition coefficient (Wildman–Crippen LogP) is 1.49. The van der Waals surface area contributed by atoms with Crippen molar-refractivity contribution in [1.29, 1.82) is 0 Å². The molecule has 0 aromatic carbocycles. The summed E-state index contributed by atoms with van der Waals surface area (Å²) in [5.74, 6) is 2.10. The highest BCUT2D eigenvalue weighted by Gasteiger charge is 1.48. The van der Waals surface area contributed by atoms with E-state index in [0.29, 0.717) is 0 Å². The summed E-state index contributed by atoms with van der Waals surface area (Å²) in [6, 6.07) is 0. The van der Waals surface area contributed by atoms with Gasteiger partial charge < -0.3 is 0 Å². The van der Waals surface area contributed by atoms with Crippen molar-refractivity contribution in [2.45, 2.75) is 6.92 Å². The summed E-state index contributed by atoms with van der Waals surface area (Å²) in [6.45, 7) is 1.78. The van der Waals surface area contributed by atoms with Crippen LogP contribution in [0.3, 0.4) is 0 Å². The van der Waals surface area contributed by atoms with E-state index in [1.165, 1.54) is 12.3 Å². The first-order chi connectivity index (χ1) is 2.91. The third-order valence-corrected chi connectivity index (χ3v) is 0.305. The van der Waals surface area contributed by atoms with Crippen molar-refractivity contribution in [2.75, 3.05) is 0 Å². The second-order valence-electron chi connectivity index (χ2n) is 0.739. The molecule has 0 heterocycles. The van der Waals surface area contributed by atoms with Crippen molar-refractivity contribution >= 4 is 0 Å². The molecule has 0 saturated carbocycles. The first-order valence-electron chi connectivity index (χ1n) is 1.64. The fourth-order valence-electron chi connectivity index (χ4n) is 0.115. The lowest BCUT2D eigenvalue weighted by Crippen LogP contribution is -1.39. The Morgan fingerprint density at radius 1 is 1.67 bits per heavy atom. The van der Waals surface area contributed by atoms with E-state index in [2.05, 4.69) is 5.92 Å². The fourth-order valence-corrected chi connectivity index (χ4v) is 0.115. The summed E-state index contributed by atoms with van der Waals surface area (Å²) < 4.78 is 10.8. The Morgan fingerprint density at radius 2 is 2.33 bits per heavy atom. The van der Waals surface area contributed by atoms with Gasteiger partial charge in [-0.3, -0.25) is 0 Å². The van der Waals surface area contributed by atoms with Crippen molar-refractivity contribution in [2.24, 2.45) is 0 Å². The van der Waals surface area contributed by atoms with Crippen LogP contribution < -0.4 is 0 Å². The zero-order valence-electron chi connectivity index (χ0n) is 3.53. The van der Waals surface area contributed by atoms with Crippen molar-refractivity contribution < 1.29 is 4.39 Å². The standard InChI is InChI=1S/C5H5F/c1-2-3-4-5-6/h2-3H,1H3/b3-2+. The van der Waals surface area contributed by atoms with Crippen LogP contribution in [-0.4, -0.2) is 0 Å². The molecule has 0 aliphatic heterocycles. The number of hydrogen-bond donors (Lipinski definition) is 0. The number of halogens is 1. The monoisotopic (exact) mass is 84.0 g/mol. The molecule has 0 aliphatic rings. The zero-order chi connectivity index (χ0) is 4.83. The van der Waals surface area contributed by atoms with Gasteiger partial charge in [-0.15, -0.1) is 4.39 Å². The molecule has 0 rings (SSSR count). The van der Waals surface area contributed by atoms with Crippen molar-refractivity contribution in [3.05, 3.63) is 12.2 Å². The molecule has 0 fully saturated rings. The van der Waals surface area contributed by atoms with Crippen LogP contribution in [0.4, 0.5) is 4.39 Å². The van der Waals surface area contributed by atoms with E-state index >= 15 is 0 Å². The Morgan fingerprint density at radius 3 is 2.50 bits per heavy atom. The van der Waals surface area contributed by atoms with E-state index in [9.17, 15) is 4.39 Å². The summed E-state index contributed by atoms with van der Waals surface area (Å²) in [7, 11) is 0. The lowest BCUT2D eigenvalue weighted by molar-refractivity contribution is 0.774. The van der Waals surface area contributed by atoms with Gasteiger partial charge in [0.05, 0.1) is 0 Å². The van der Waals surface area contributed by atoms with Gasteiger partial charge in [-0.05, 0) is 18.9 Å². The van der Waals surface area contributed by atoms with E-state index in [0.717, 1.165) is 0 Å². The second kappa shape index (κ2) is 4.23. The number of allylic oxidation sites excluding steroid dienone is 2. The molecule has 0 aromatic heterocycles. The predicted molar refractivity (Wildman–Crippen MR) is 23.7 cm³/mol. The minimum atomic E-state index is 1.23.